The van der Waals surface area contributed by atoms with E-state index in [4.69, 9.17) is 4.74 Å². The lowest BCUT2D eigenvalue weighted by Gasteiger charge is -2.25. The minimum atomic E-state index is 0.160. The van der Waals surface area contributed by atoms with Gasteiger partial charge in [-0.05, 0) is 58.9 Å². The van der Waals surface area contributed by atoms with Crippen LogP contribution in [0, 0.1) is 6.92 Å². The van der Waals surface area contributed by atoms with E-state index in [-0.39, 0.29) is 12.6 Å². The number of fused-ring (bicyclic) bond motifs is 1. The van der Waals surface area contributed by atoms with Gasteiger partial charge < -0.3 is 15.2 Å². The van der Waals surface area contributed by atoms with Gasteiger partial charge in [-0.25, -0.2) is 0 Å². The minimum Gasteiger partial charge on any atom is -0.489 e. The van der Waals surface area contributed by atoms with E-state index in [1.54, 1.807) is 0 Å². The van der Waals surface area contributed by atoms with Crippen LogP contribution in [0.3, 0.4) is 0 Å². The largest absolute Gasteiger partial charge is 0.489 e. The highest BCUT2D eigenvalue weighted by Gasteiger charge is 2.17. The van der Waals surface area contributed by atoms with Gasteiger partial charge in [-0.15, -0.1) is 0 Å². The van der Waals surface area contributed by atoms with Crippen LogP contribution in [0.1, 0.15) is 22.3 Å². The Hall–Kier alpha value is -2.62. The molecule has 0 saturated carbocycles. The fraction of sp³-hybridized carbons (Fsp3) is 0.250. The van der Waals surface area contributed by atoms with Gasteiger partial charge in [0.25, 0.3) is 0 Å². The molecule has 3 aromatic carbocycles. The predicted molar refractivity (Wildman–Crippen MR) is 109 cm³/mol. The molecule has 1 aliphatic heterocycles. The Morgan fingerprint density at radius 1 is 1.00 bits per heavy atom. The molecule has 3 aromatic rings. The fourth-order valence-electron chi connectivity index (χ4n) is 3.71. The summed E-state index contributed by atoms with van der Waals surface area (Å²) in [7, 11) is 0. The first-order valence-electron chi connectivity index (χ1n) is 9.47. The summed E-state index contributed by atoms with van der Waals surface area (Å²) >= 11 is 0. The van der Waals surface area contributed by atoms with Crippen LogP contribution in [0.15, 0.2) is 66.7 Å². The molecule has 4 rings (SSSR count). The van der Waals surface area contributed by atoms with Gasteiger partial charge >= 0.3 is 0 Å². The normalized spacial score (nSPS) is 16.0. The average molecular weight is 359 g/mol. The van der Waals surface area contributed by atoms with Gasteiger partial charge in [0.2, 0.25) is 0 Å². The van der Waals surface area contributed by atoms with Crippen LogP contribution in [0.4, 0.5) is 0 Å². The van der Waals surface area contributed by atoms with Gasteiger partial charge in [-0.2, -0.15) is 0 Å². The van der Waals surface area contributed by atoms with Gasteiger partial charge in [-0.3, -0.25) is 0 Å². The van der Waals surface area contributed by atoms with E-state index in [0.717, 1.165) is 18.7 Å². The van der Waals surface area contributed by atoms with Crippen molar-refractivity contribution in [3.05, 3.63) is 89.0 Å². The molecule has 138 valence electrons. The molecule has 1 aliphatic rings. The van der Waals surface area contributed by atoms with E-state index in [1.165, 1.54) is 33.4 Å². The molecule has 0 fully saturated rings. The van der Waals surface area contributed by atoms with Crippen molar-refractivity contribution in [1.29, 1.82) is 0 Å². The molecule has 1 heterocycles. The smallest absolute Gasteiger partial charge is 0.120 e. The van der Waals surface area contributed by atoms with E-state index in [0.29, 0.717) is 6.61 Å². The zero-order valence-electron chi connectivity index (χ0n) is 15.6. The van der Waals surface area contributed by atoms with Crippen molar-refractivity contribution in [2.24, 2.45) is 0 Å². The van der Waals surface area contributed by atoms with Crippen molar-refractivity contribution in [2.75, 3.05) is 6.61 Å². The molecule has 0 spiro atoms. The number of aliphatic hydroxyl groups excluding tert-OH is 1. The van der Waals surface area contributed by atoms with Crippen LogP contribution in [-0.2, 0) is 19.6 Å². The maximum Gasteiger partial charge on any atom is 0.120 e. The summed E-state index contributed by atoms with van der Waals surface area (Å²) < 4.78 is 6.11. The third-order valence-corrected chi connectivity index (χ3v) is 5.37. The Morgan fingerprint density at radius 3 is 2.67 bits per heavy atom. The van der Waals surface area contributed by atoms with E-state index in [9.17, 15) is 5.11 Å². The summed E-state index contributed by atoms with van der Waals surface area (Å²) in [6, 6.07) is 23.3. The molecular formula is C24H25NO2. The van der Waals surface area contributed by atoms with Crippen molar-refractivity contribution in [2.45, 2.75) is 32.5 Å². The molecule has 0 radical (unpaired) electrons. The highest BCUT2D eigenvalue weighted by atomic mass is 16.5. The van der Waals surface area contributed by atoms with Gasteiger partial charge in [-0.1, -0.05) is 54.6 Å². The SMILES string of the molecule is Cc1c(COc2ccc3c(c2)CN[C@H](CO)C3)cccc1-c1ccccc1. The summed E-state index contributed by atoms with van der Waals surface area (Å²) in [6.07, 6.45) is 0.865. The molecule has 0 unspecified atom stereocenters. The first-order valence-corrected chi connectivity index (χ1v) is 9.47. The van der Waals surface area contributed by atoms with Gasteiger partial charge in [0.05, 0.1) is 6.61 Å². The monoisotopic (exact) mass is 359 g/mol. The maximum absolute atomic E-state index is 9.32. The van der Waals surface area contributed by atoms with Gasteiger partial charge in [0.1, 0.15) is 12.4 Å². The molecule has 3 heteroatoms. The highest BCUT2D eigenvalue weighted by Crippen LogP contribution is 2.27. The molecule has 1 atom stereocenters. The molecule has 2 N–H and O–H groups in total. The van der Waals surface area contributed by atoms with Crippen LogP contribution < -0.4 is 10.1 Å². The Balaban J connectivity index is 1.50. The topological polar surface area (TPSA) is 41.5 Å². The molecule has 0 saturated heterocycles. The Labute approximate surface area is 160 Å². The molecule has 0 aliphatic carbocycles. The van der Waals surface area contributed by atoms with Gasteiger partial charge in [0, 0.05) is 12.6 Å². The van der Waals surface area contributed by atoms with Gasteiger partial charge in [0.15, 0.2) is 0 Å². The Bertz CT molecular complexity index is 921. The van der Waals surface area contributed by atoms with Crippen LogP contribution >= 0.6 is 0 Å². The van der Waals surface area contributed by atoms with E-state index in [1.807, 2.05) is 12.1 Å². The van der Waals surface area contributed by atoms with Crippen LogP contribution in [-0.4, -0.2) is 17.8 Å². The number of aliphatic hydroxyl groups is 1. The zero-order valence-corrected chi connectivity index (χ0v) is 15.6. The van der Waals surface area contributed by atoms with Crippen LogP contribution in [0.25, 0.3) is 11.1 Å². The molecule has 0 amide bonds. The molecular weight excluding hydrogens is 334 g/mol. The number of ether oxygens (including phenoxy) is 1. The first-order chi connectivity index (χ1) is 13.2. The third-order valence-electron chi connectivity index (χ3n) is 5.37. The second kappa shape index (κ2) is 7.95. The van der Waals surface area contributed by atoms with Crippen LogP contribution in [0.5, 0.6) is 5.75 Å². The van der Waals surface area contributed by atoms with Crippen molar-refractivity contribution >= 4 is 0 Å². The lowest BCUT2D eigenvalue weighted by molar-refractivity contribution is 0.235. The van der Waals surface area contributed by atoms with Crippen molar-refractivity contribution in [3.63, 3.8) is 0 Å². The number of hydrogen-bond donors (Lipinski definition) is 2. The third kappa shape index (κ3) is 3.90. The van der Waals surface area contributed by atoms with Crippen molar-refractivity contribution < 1.29 is 9.84 Å². The fourth-order valence-corrected chi connectivity index (χ4v) is 3.71. The predicted octanol–water partition coefficient (Wildman–Crippen LogP) is 4.25. The van der Waals surface area contributed by atoms with E-state index in [2.05, 4.69) is 66.8 Å². The minimum absolute atomic E-state index is 0.160. The Kier molecular flexibility index (Phi) is 5.23. The molecule has 0 bridgehead atoms. The molecule has 3 nitrogen and oxygen atoms in total. The van der Waals surface area contributed by atoms with Crippen LogP contribution in [0.2, 0.25) is 0 Å². The van der Waals surface area contributed by atoms with E-state index < -0.39 is 0 Å². The quantitative estimate of drug-likeness (QED) is 0.716. The summed E-state index contributed by atoms with van der Waals surface area (Å²) in [6.45, 7) is 3.67. The average Bonchev–Trinajstić information content (AvgIpc) is 2.73. The summed E-state index contributed by atoms with van der Waals surface area (Å²) in [5.74, 6) is 0.891. The highest BCUT2D eigenvalue weighted by molar-refractivity contribution is 5.68. The number of nitrogens with one attached hydrogen (secondary N) is 1. The molecule has 27 heavy (non-hydrogen) atoms. The van der Waals surface area contributed by atoms with Crippen molar-refractivity contribution in [3.8, 4) is 16.9 Å². The lowest BCUT2D eigenvalue weighted by atomic mass is 9.96. The number of rotatable bonds is 5. The summed E-state index contributed by atoms with van der Waals surface area (Å²) in [5.41, 5.74) is 7.49. The standard InChI is InChI=1S/C24H25NO2/c1-17-20(8-5-9-24(17)18-6-3-2-4-7-18)16-27-23-11-10-19-12-22(15-26)25-14-21(19)13-23/h2-11,13,22,25-26H,12,14-16H2,1H3/t22-/m0/s1. The lowest BCUT2D eigenvalue weighted by Crippen LogP contribution is -2.38. The summed E-state index contributed by atoms with van der Waals surface area (Å²) in [5, 5.41) is 12.7. The van der Waals surface area contributed by atoms with Crippen molar-refractivity contribution in [1.82, 2.24) is 5.32 Å². The van der Waals surface area contributed by atoms with E-state index >= 15 is 0 Å². The zero-order chi connectivity index (χ0) is 18.6. The summed E-state index contributed by atoms with van der Waals surface area (Å²) in [4.78, 5) is 0. The Morgan fingerprint density at radius 2 is 1.85 bits per heavy atom. The second-order valence-corrected chi connectivity index (χ2v) is 7.14. The second-order valence-electron chi connectivity index (χ2n) is 7.14. The maximum atomic E-state index is 9.32. The molecule has 0 aromatic heterocycles. The first kappa shape index (κ1) is 17.8. The number of hydrogen-bond acceptors (Lipinski definition) is 3. The number of benzene rings is 3.